The Kier molecular flexibility index (Phi) is 5.20. The molecular weight excluding hydrogens is 348 g/mol. The minimum atomic E-state index is -0.257. The lowest BCUT2D eigenvalue weighted by Gasteiger charge is -2.15. The molecule has 0 saturated carbocycles. The third kappa shape index (κ3) is 3.74. The van der Waals surface area contributed by atoms with Gasteiger partial charge >= 0.3 is 0 Å². The molecule has 2 aromatic rings. The molecule has 1 atom stereocenters. The molecule has 21 heavy (non-hydrogen) atoms. The van der Waals surface area contributed by atoms with Crippen LogP contribution in [0, 0.1) is 0 Å². The number of carbonyl (C=O) groups excluding carboxylic acids is 1. The molecule has 0 N–H and O–H groups in total. The van der Waals surface area contributed by atoms with Crippen molar-refractivity contribution >= 4 is 34.3 Å². The molecule has 0 aromatic heterocycles. The van der Waals surface area contributed by atoms with E-state index in [0.29, 0.717) is 5.56 Å². The summed E-state index contributed by atoms with van der Waals surface area (Å²) in [6, 6.07) is 15.1. The molecule has 0 bridgehead atoms. The first-order valence-electron chi connectivity index (χ1n) is 6.42. The number of carbonyl (C=O) groups is 1. The van der Waals surface area contributed by atoms with E-state index in [0.717, 1.165) is 15.6 Å². The van der Waals surface area contributed by atoms with Crippen molar-refractivity contribution in [1.29, 1.82) is 0 Å². The predicted molar refractivity (Wildman–Crippen MR) is 90.2 cm³/mol. The van der Waals surface area contributed by atoms with Crippen LogP contribution >= 0.6 is 15.9 Å². The molecule has 0 aliphatic heterocycles. The monoisotopic (exact) mass is 362 g/mol. The van der Waals surface area contributed by atoms with E-state index in [2.05, 4.69) is 20.3 Å². The molecule has 3 nitrogen and oxygen atoms in total. The second kappa shape index (κ2) is 6.91. The van der Waals surface area contributed by atoms with Gasteiger partial charge in [0.1, 0.15) is 6.04 Å². The van der Waals surface area contributed by atoms with Crippen LogP contribution in [-0.4, -0.2) is 24.9 Å². The fourth-order valence-electron chi connectivity index (χ4n) is 2.09. The number of hydrogen-bond donors (Lipinski definition) is 0. The summed E-state index contributed by atoms with van der Waals surface area (Å²) < 4.78 is 5.03. The van der Waals surface area contributed by atoms with Gasteiger partial charge in [-0.05, 0) is 35.4 Å². The molecule has 1 unspecified atom stereocenters. The molecule has 0 radical (unpaired) electrons. The summed E-state index contributed by atoms with van der Waals surface area (Å²) in [7, 11) is 3.47. The Hall–Kier alpha value is -1.59. The van der Waals surface area contributed by atoms with Gasteiger partial charge in [-0.2, -0.15) is 0 Å². The van der Waals surface area contributed by atoms with Gasteiger partial charge in [-0.3, -0.25) is 4.79 Å². The Morgan fingerprint density at radius 2 is 1.76 bits per heavy atom. The predicted octanol–water partition coefficient (Wildman–Crippen LogP) is 3.97. The van der Waals surface area contributed by atoms with Gasteiger partial charge in [-0.1, -0.05) is 40.2 Å². The van der Waals surface area contributed by atoms with Gasteiger partial charge in [-0.25, -0.2) is 4.36 Å². The van der Waals surface area contributed by atoms with E-state index in [1.807, 2.05) is 42.5 Å². The summed E-state index contributed by atoms with van der Waals surface area (Å²) in [4.78, 5) is 13.6. The number of benzene rings is 2. The molecule has 2 aromatic carbocycles. The molecule has 0 spiro atoms. The van der Waals surface area contributed by atoms with E-state index < -0.39 is 0 Å². The van der Waals surface area contributed by atoms with Crippen molar-refractivity contribution in [1.82, 2.24) is 4.90 Å². The van der Waals surface area contributed by atoms with Crippen molar-refractivity contribution in [2.45, 2.75) is 6.04 Å². The van der Waals surface area contributed by atoms with Crippen molar-refractivity contribution < 1.29 is 4.79 Å². The van der Waals surface area contributed by atoms with Gasteiger partial charge < -0.3 is 4.90 Å². The van der Waals surface area contributed by atoms with Crippen LogP contribution in [0.4, 0.5) is 0 Å². The summed E-state index contributed by atoms with van der Waals surface area (Å²) in [6.07, 6.45) is 0. The molecular formula is C16H15BrN2OS. The summed E-state index contributed by atoms with van der Waals surface area (Å²) in [5, 5.41) is 0. The lowest BCUT2D eigenvalue weighted by molar-refractivity contribution is 0.0827. The van der Waals surface area contributed by atoms with E-state index in [4.69, 9.17) is 12.4 Å². The molecule has 0 aliphatic carbocycles. The van der Waals surface area contributed by atoms with Crippen LogP contribution < -0.4 is 0 Å². The summed E-state index contributed by atoms with van der Waals surface area (Å²) in [5.41, 5.74) is 2.54. The first kappa shape index (κ1) is 15.8. The van der Waals surface area contributed by atoms with Gasteiger partial charge in [0, 0.05) is 36.6 Å². The van der Waals surface area contributed by atoms with Crippen LogP contribution in [0.1, 0.15) is 27.5 Å². The SMILES string of the molecule is CN(C)C(=O)c1cccc(C(N=S)c2cccc(Br)c2)c1. The number of halogens is 1. The zero-order valence-corrected chi connectivity index (χ0v) is 14.2. The Balaban J connectivity index is 2.41. The quantitative estimate of drug-likeness (QED) is 0.824. The van der Waals surface area contributed by atoms with Gasteiger partial charge in [0.25, 0.3) is 5.91 Å². The molecule has 0 fully saturated rings. The molecule has 0 saturated heterocycles. The number of hydrogen-bond acceptors (Lipinski definition) is 3. The smallest absolute Gasteiger partial charge is 0.253 e. The van der Waals surface area contributed by atoms with Crippen molar-refractivity contribution in [3.05, 3.63) is 69.7 Å². The maximum absolute atomic E-state index is 12.1. The average molecular weight is 363 g/mol. The molecule has 2 rings (SSSR count). The highest BCUT2D eigenvalue weighted by molar-refractivity contribution is 9.10. The minimum absolute atomic E-state index is 0.0331. The number of nitrogens with zero attached hydrogens (tertiary/aromatic N) is 2. The third-order valence-electron chi connectivity index (χ3n) is 3.13. The molecule has 0 aliphatic rings. The molecule has 1 amide bonds. The van der Waals surface area contributed by atoms with E-state index in [1.54, 1.807) is 25.1 Å². The van der Waals surface area contributed by atoms with Gasteiger partial charge in [0.2, 0.25) is 0 Å². The minimum Gasteiger partial charge on any atom is -0.345 e. The van der Waals surface area contributed by atoms with Crippen LogP contribution in [0.2, 0.25) is 0 Å². The Labute approximate surface area is 138 Å². The third-order valence-corrected chi connectivity index (χ3v) is 3.83. The highest BCUT2D eigenvalue weighted by atomic mass is 79.9. The topological polar surface area (TPSA) is 32.7 Å². The van der Waals surface area contributed by atoms with Crippen LogP contribution in [0.3, 0.4) is 0 Å². The Morgan fingerprint density at radius 1 is 1.14 bits per heavy atom. The van der Waals surface area contributed by atoms with E-state index in [1.165, 1.54) is 0 Å². The van der Waals surface area contributed by atoms with Crippen LogP contribution in [0.25, 0.3) is 0 Å². The second-order valence-electron chi connectivity index (χ2n) is 4.89. The normalized spacial score (nSPS) is 11.8. The first-order chi connectivity index (χ1) is 10.0. The van der Waals surface area contributed by atoms with E-state index in [-0.39, 0.29) is 11.9 Å². The van der Waals surface area contributed by atoms with Crippen molar-refractivity contribution in [2.24, 2.45) is 4.36 Å². The van der Waals surface area contributed by atoms with E-state index >= 15 is 0 Å². The van der Waals surface area contributed by atoms with Gasteiger partial charge in [0.15, 0.2) is 0 Å². The Morgan fingerprint density at radius 3 is 2.33 bits per heavy atom. The Bertz CT molecular complexity index is 673. The van der Waals surface area contributed by atoms with Crippen LogP contribution in [-0.2, 0) is 12.4 Å². The maximum atomic E-state index is 12.1. The zero-order chi connectivity index (χ0) is 15.4. The second-order valence-corrected chi connectivity index (χ2v) is 6.01. The van der Waals surface area contributed by atoms with Crippen molar-refractivity contribution in [3.63, 3.8) is 0 Å². The summed E-state index contributed by atoms with van der Waals surface area (Å²) in [6.45, 7) is 0. The van der Waals surface area contributed by atoms with E-state index in [9.17, 15) is 4.79 Å². The van der Waals surface area contributed by atoms with Crippen molar-refractivity contribution in [2.75, 3.05) is 14.1 Å². The standard InChI is InChI=1S/C16H15BrN2OS/c1-19(2)16(20)13-7-3-5-11(9-13)15(18-21)12-6-4-8-14(17)10-12/h3-10,15H,1-2H3. The molecule has 108 valence electrons. The lowest BCUT2D eigenvalue weighted by atomic mass is 9.98. The van der Waals surface area contributed by atoms with Crippen LogP contribution in [0.15, 0.2) is 57.4 Å². The van der Waals surface area contributed by atoms with Gasteiger partial charge in [0.05, 0.1) is 0 Å². The fraction of sp³-hybridized carbons (Fsp3) is 0.188. The van der Waals surface area contributed by atoms with Crippen LogP contribution in [0.5, 0.6) is 0 Å². The fourth-order valence-corrected chi connectivity index (χ4v) is 2.75. The summed E-state index contributed by atoms with van der Waals surface area (Å²) >= 11 is 8.41. The highest BCUT2D eigenvalue weighted by Gasteiger charge is 2.16. The zero-order valence-electron chi connectivity index (χ0n) is 11.8. The summed E-state index contributed by atoms with van der Waals surface area (Å²) in [5.74, 6) is -0.0331. The first-order valence-corrected chi connectivity index (χ1v) is 7.58. The number of amides is 1. The number of rotatable bonds is 4. The largest absolute Gasteiger partial charge is 0.345 e. The molecule has 5 heteroatoms. The average Bonchev–Trinajstić information content (AvgIpc) is 2.47. The lowest BCUT2D eigenvalue weighted by Crippen LogP contribution is -2.21. The van der Waals surface area contributed by atoms with Gasteiger partial charge in [-0.15, -0.1) is 0 Å². The molecule has 0 heterocycles. The highest BCUT2D eigenvalue weighted by Crippen LogP contribution is 2.28. The van der Waals surface area contributed by atoms with Crippen molar-refractivity contribution in [3.8, 4) is 0 Å². The maximum Gasteiger partial charge on any atom is 0.253 e.